The number of rotatable bonds is 9. The summed E-state index contributed by atoms with van der Waals surface area (Å²) in [5.74, 6) is 0.538. The molecule has 1 nitrogen and oxygen atoms in total. The van der Waals surface area contributed by atoms with Gasteiger partial charge in [0.2, 0.25) is 0 Å². The minimum atomic E-state index is -1.68. The third kappa shape index (κ3) is 8.19. The van der Waals surface area contributed by atoms with Crippen molar-refractivity contribution in [1.29, 1.82) is 0 Å². The fourth-order valence-corrected chi connectivity index (χ4v) is 3.44. The molecule has 23 heavy (non-hydrogen) atoms. The molecule has 1 atom stereocenters. The monoisotopic (exact) mass is 336 g/mol. The molecule has 2 heteroatoms. The van der Waals surface area contributed by atoms with Crippen molar-refractivity contribution in [1.82, 2.24) is 0 Å². The van der Waals surface area contributed by atoms with Gasteiger partial charge in [-0.3, -0.25) is 0 Å². The van der Waals surface area contributed by atoms with Crippen molar-refractivity contribution in [2.75, 3.05) is 6.61 Å². The molecule has 0 bridgehead atoms. The maximum atomic E-state index is 6.45. The van der Waals surface area contributed by atoms with E-state index < -0.39 is 8.32 Å². The van der Waals surface area contributed by atoms with Crippen LogP contribution in [0.4, 0.5) is 0 Å². The van der Waals surface area contributed by atoms with Crippen LogP contribution >= 0.6 is 0 Å². The summed E-state index contributed by atoms with van der Waals surface area (Å²) < 4.78 is 6.45. The lowest BCUT2D eigenvalue weighted by molar-refractivity contribution is 0.162. The van der Waals surface area contributed by atoms with Gasteiger partial charge in [-0.25, -0.2) is 0 Å². The first-order valence-corrected chi connectivity index (χ1v) is 11.9. The van der Waals surface area contributed by atoms with Gasteiger partial charge in [-0.15, -0.1) is 5.73 Å². The van der Waals surface area contributed by atoms with Gasteiger partial charge in [0.25, 0.3) is 0 Å². The summed E-state index contributed by atoms with van der Waals surface area (Å²) in [6, 6.07) is 0. The van der Waals surface area contributed by atoms with Crippen LogP contribution in [0.25, 0.3) is 0 Å². The zero-order valence-electron chi connectivity index (χ0n) is 17.2. The van der Waals surface area contributed by atoms with Crippen LogP contribution in [0.5, 0.6) is 0 Å². The fourth-order valence-electron chi connectivity index (χ4n) is 2.26. The number of allylic oxidation sites excluding steroid dienone is 3. The Bertz CT molecular complexity index is 431. The van der Waals surface area contributed by atoms with E-state index in [1.54, 1.807) is 0 Å². The lowest BCUT2D eigenvalue weighted by Crippen LogP contribution is -2.43. The fraction of sp³-hybridized carbons (Fsp3) is 0.762. The maximum absolute atomic E-state index is 6.45. The van der Waals surface area contributed by atoms with Gasteiger partial charge in [0.15, 0.2) is 8.32 Å². The SMILES string of the molecule is C=C=C(CC(C)(C)CO[Si](C)(C)C(C)(C)C)[C@H](C)CC/C=C/C. The lowest BCUT2D eigenvalue weighted by atomic mass is 9.81. The lowest BCUT2D eigenvalue weighted by Gasteiger charge is -2.39. The highest BCUT2D eigenvalue weighted by Crippen LogP contribution is 2.39. The summed E-state index contributed by atoms with van der Waals surface area (Å²) in [6.45, 7) is 25.3. The second-order valence-corrected chi connectivity index (χ2v) is 13.9. The van der Waals surface area contributed by atoms with Crippen LogP contribution in [0, 0.1) is 11.3 Å². The zero-order valence-corrected chi connectivity index (χ0v) is 18.2. The highest BCUT2D eigenvalue weighted by atomic mass is 28.4. The van der Waals surface area contributed by atoms with Crippen molar-refractivity contribution in [3.63, 3.8) is 0 Å². The molecule has 0 spiro atoms. The Labute approximate surface area is 147 Å². The molecule has 0 aromatic heterocycles. The third-order valence-corrected chi connectivity index (χ3v) is 9.60. The van der Waals surface area contributed by atoms with Gasteiger partial charge < -0.3 is 4.43 Å². The molecule has 0 N–H and O–H groups in total. The number of hydrogen-bond donors (Lipinski definition) is 0. The molecule has 0 saturated carbocycles. The van der Waals surface area contributed by atoms with E-state index in [-0.39, 0.29) is 10.5 Å². The first-order chi connectivity index (χ1) is 10.4. The molecule has 0 radical (unpaired) electrons. The van der Waals surface area contributed by atoms with Crippen LogP contribution < -0.4 is 0 Å². The molecule has 0 aliphatic rings. The van der Waals surface area contributed by atoms with E-state index in [1.807, 2.05) is 0 Å². The second kappa shape index (κ2) is 9.06. The summed E-state index contributed by atoms with van der Waals surface area (Å²) in [6.07, 6.45) is 7.68. The highest BCUT2D eigenvalue weighted by molar-refractivity contribution is 6.74. The molecular weight excluding hydrogens is 296 g/mol. The van der Waals surface area contributed by atoms with E-state index in [4.69, 9.17) is 4.43 Å². The van der Waals surface area contributed by atoms with Crippen LogP contribution in [0.1, 0.15) is 67.7 Å². The van der Waals surface area contributed by atoms with Crippen molar-refractivity contribution in [2.45, 2.75) is 85.9 Å². The Morgan fingerprint density at radius 3 is 2.22 bits per heavy atom. The Morgan fingerprint density at radius 2 is 1.78 bits per heavy atom. The smallest absolute Gasteiger partial charge is 0.192 e. The van der Waals surface area contributed by atoms with Gasteiger partial charge in [0.1, 0.15) is 0 Å². The molecule has 0 aromatic carbocycles. The van der Waals surface area contributed by atoms with E-state index in [2.05, 4.69) is 86.0 Å². The summed E-state index contributed by atoms with van der Waals surface area (Å²) in [7, 11) is -1.68. The number of hydrogen-bond acceptors (Lipinski definition) is 1. The zero-order chi connectivity index (χ0) is 18.3. The van der Waals surface area contributed by atoms with Gasteiger partial charge in [-0.2, -0.15) is 0 Å². The van der Waals surface area contributed by atoms with E-state index in [1.165, 1.54) is 12.0 Å². The molecule has 0 aromatic rings. The third-order valence-electron chi connectivity index (χ3n) is 5.12. The first-order valence-electron chi connectivity index (χ1n) is 9.00. The molecular formula is C21H40OSi. The summed E-state index contributed by atoms with van der Waals surface area (Å²) in [4.78, 5) is 0. The van der Waals surface area contributed by atoms with Crippen molar-refractivity contribution in [2.24, 2.45) is 11.3 Å². The molecule has 0 rings (SSSR count). The van der Waals surface area contributed by atoms with Crippen LogP contribution in [-0.2, 0) is 4.43 Å². The van der Waals surface area contributed by atoms with Crippen molar-refractivity contribution in [3.05, 3.63) is 30.0 Å². The standard InChI is InChI=1S/C21H40OSi/c1-11-13-14-15-18(3)19(12-2)16-21(7,8)17-22-23(9,10)20(4,5)6/h11,13,18H,2,14-17H2,1,3-10H3/b13-11+/t18-/m1/s1. The quantitative estimate of drug-likeness (QED) is 0.247. The van der Waals surface area contributed by atoms with Gasteiger partial charge in [0, 0.05) is 6.61 Å². The van der Waals surface area contributed by atoms with Crippen molar-refractivity contribution >= 4 is 8.32 Å². The summed E-state index contributed by atoms with van der Waals surface area (Å²) in [5.41, 5.74) is 4.69. The van der Waals surface area contributed by atoms with E-state index >= 15 is 0 Å². The Balaban J connectivity index is 4.73. The molecule has 0 aliphatic carbocycles. The molecule has 0 saturated heterocycles. The maximum Gasteiger partial charge on any atom is 0.192 e. The Kier molecular flexibility index (Phi) is 8.84. The second-order valence-electron chi connectivity index (χ2n) is 9.14. The molecule has 0 fully saturated rings. The Morgan fingerprint density at radius 1 is 1.22 bits per heavy atom. The van der Waals surface area contributed by atoms with Gasteiger partial charge in [-0.1, -0.05) is 60.3 Å². The molecule has 134 valence electrons. The van der Waals surface area contributed by atoms with Crippen LogP contribution in [0.3, 0.4) is 0 Å². The van der Waals surface area contributed by atoms with Gasteiger partial charge in [0.05, 0.1) is 0 Å². The normalized spacial score (nSPS) is 14.8. The largest absolute Gasteiger partial charge is 0.416 e. The van der Waals surface area contributed by atoms with E-state index in [0.29, 0.717) is 5.92 Å². The van der Waals surface area contributed by atoms with Crippen LogP contribution in [0.15, 0.2) is 30.0 Å². The minimum absolute atomic E-state index is 0.129. The predicted molar refractivity (Wildman–Crippen MR) is 107 cm³/mol. The van der Waals surface area contributed by atoms with E-state index in [9.17, 15) is 0 Å². The minimum Gasteiger partial charge on any atom is -0.416 e. The van der Waals surface area contributed by atoms with Gasteiger partial charge >= 0.3 is 0 Å². The average molecular weight is 337 g/mol. The van der Waals surface area contributed by atoms with Crippen molar-refractivity contribution < 1.29 is 4.43 Å². The molecule has 0 heterocycles. The molecule has 0 amide bonds. The first kappa shape index (κ1) is 22.4. The topological polar surface area (TPSA) is 9.23 Å². The Hall–Kier alpha value is -0.563. The highest BCUT2D eigenvalue weighted by Gasteiger charge is 2.38. The van der Waals surface area contributed by atoms with Crippen molar-refractivity contribution in [3.8, 4) is 0 Å². The van der Waals surface area contributed by atoms with Gasteiger partial charge in [-0.05, 0) is 61.2 Å². The average Bonchev–Trinajstić information content (AvgIpc) is 2.42. The summed E-state index contributed by atoms with van der Waals surface area (Å²) in [5, 5.41) is 0.264. The molecule has 0 aliphatic heterocycles. The predicted octanol–water partition coefficient (Wildman–Crippen LogP) is 7.13. The van der Waals surface area contributed by atoms with Crippen LogP contribution in [0.2, 0.25) is 18.1 Å². The van der Waals surface area contributed by atoms with Crippen LogP contribution in [-0.4, -0.2) is 14.9 Å². The summed E-state index contributed by atoms with van der Waals surface area (Å²) >= 11 is 0. The molecule has 0 unspecified atom stereocenters. The van der Waals surface area contributed by atoms with E-state index in [0.717, 1.165) is 19.4 Å².